The van der Waals surface area contributed by atoms with Gasteiger partial charge >= 0.3 is 5.97 Å². The highest BCUT2D eigenvalue weighted by Gasteiger charge is 2.20. The molecule has 0 N–H and O–H groups in total. The molecule has 3 aromatic rings. The van der Waals surface area contributed by atoms with Crippen LogP contribution in [0.2, 0.25) is 0 Å². The number of benzene rings is 2. The van der Waals surface area contributed by atoms with E-state index in [9.17, 15) is 24.1 Å². The number of fused-ring (bicyclic) bond motifs is 1. The number of methoxy groups -OCH3 is 1. The molecule has 3 rings (SSSR count). The van der Waals surface area contributed by atoms with Gasteiger partial charge < -0.3 is 9.30 Å². The second-order valence-corrected chi connectivity index (χ2v) is 6.33. The van der Waals surface area contributed by atoms with Crippen LogP contribution in [-0.4, -0.2) is 28.5 Å². The molecule has 1 amide bonds. The maximum absolute atomic E-state index is 14.3. The van der Waals surface area contributed by atoms with Crippen LogP contribution < -0.4 is 4.80 Å². The number of aromatic nitrogens is 1. The van der Waals surface area contributed by atoms with Gasteiger partial charge in [-0.05, 0) is 18.2 Å². The molecule has 10 heteroatoms. The van der Waals surface area contributed by atoms with Gasteiger partial charge in [0.1, 0.15) is 17.9 Å². The van der Waals surface area contributed by atoms with E-state index in [1.54, 1.807) is 6.07 Å². The zero-order valence-electron chi connectivity index (χ0n) is 13.9. The summed E-state index contributed by atoms with van der Waals surface area (Å²) >= 11 is 0.986. The molecular weight excluding hydrogens is 377 g/mol. The number of para-hydroxylation sites is 2. The normalized spacial score (nSPS) is 11.6. The Labute approximate surface area is 155 Å². The Kier molecular flexibility index (Phi) is 5.08. The number of carbonyl (C=O) groups is 2. The maximum Gasteiger partial charge on any atom is 0.325 e. The van der Waals surface area contributed by atoms with Gasteiger partial charge in [0.15, 0.2) is 4.80 Å². The lowest BCUT2D eigenvalue weighted by Gasteiger charge is -2.04. The Morgan fingerprint density at radius 1 is 1.26 bits per heavy atom. The fourth-order valence-corrected chi connectivity index (χ4v) is 3.52. The third-order valence-corrected chi connectivity index (χ3v) is 4.74. The Morgan fingerprint density at radius 3 is 2.70 bits per heavy atom. The van der Waals surface area contributed by atoms with Crippen molar-refractivity contribution < 1.29 is 23.6 Å². The van der Waals surface area contributed by atoms with Crippen LogP contribution in [0.1, 0.15) is 10.4 Å². The number of carbonyl (C=O) groups excluding carboxylic acids is 2. The van der Waals surface area contributed by atoms with Crippen molar-refractivity contribution in [3.05, 3.63) is 68.8 Å². The average molecular weight is 389 g/mol. The van der Waals surface area contributed by atoms with E-state index in [0.29, 0.717) is 4.70 Å². The standard InChI is InChI=1S/C17H12FN3O5S/c1-26-14(22)9-20-15-11(18)6-4-8-13(15)27-17(20)19-16(23)10-5-2-3-7-12(10)21(24)25/h2-8H,9H2,1H3. The first kappa shape index (κ1) is 18.4. The fraction of sp³-hybridized carbons (Fsp3) is 0.118. The van der Waals surface area contributed by atoms with Gasteiger partial charge in [0.05, 0.1) is 22.2 Å². The molecule has 27 heavy (non-hydrogen) atoms. The van der Waals surface area contributed by atoms with Crippen LogP contribution in [0.25, 0.3) is 10.2 Å². The largest absolute Gasteiger partial charge is 0.468 e. The molecule has 0 aliphatic heterocycles. The Hall–Kier alpha value is -3.40. The summed E-state index contributed by atoms with van der Waals surface area (Å²) in [4.78, 5) is 38.6. The van der Waals surface area contributed by atoms with Gasteiger partial charge in [0, 0.05) is 6.07 Å². The lowest BCUT2D eigenvalue weighted by molar-refractivity contribution is -0.385. The highest BCUT2D eigenvalue weighted by Crippen LogP contribution is 2.22. The molecule has 1 heterocycles. The van der Waals surface area contributed by atoms with E-state index >= 15 is 0 Å². The molecule has 138 valence electrons. The first-order chi connectivity index (χ1) is 12.9. The topological polar surface area (TPSA) is 104 Å². The van der Waals surface area contributed by atoms with Crippen LogP contribution in [-0.2, 0) is 16.1 Å². The molecule has 0 aliphatic rings. The summed E-state index contributed by atoms with van der Waals surface area (Å²) in [5, 5.41) is 11.1. The van der Waals surface area contributed by atoms with Crippen LogP contribution in [0.15, 0.2) is 47.5 Å². The Balaban J connectivity index is 2.20. The van der Waals surface area contributed by atoms with Crippen molar-refractivity contribution in [2.24, 2.45) is 4.99 Å². The maximum atomic E-state index is 14.3. The number of halogens is 1. The van der Waals surface area contributed by atoms with Crippen molar-refractivity contribution in [1.82, 2.24) is 4.57 Å². The molecule has 0 atom stereocenters. The van der Waals surface area contributed by atoms with Gasteiger partial charge in [-0.2, -0.15) is 4.99 Å². The first-order valence-corrected chi connectivity index (χ1v) is 8.41. The number of hydrogen-bond donors (Lipinski definition) is 0. The van der Waals surface area contributed by atoms with Gasteiger partial charge in [-0.25, -0.2) is 4.39 Å². The van der Waals surface area contributed by atoms with Gasteiger partial charge in [-0.3, -0.25) is 19.7 Å². The predicted octanol–water partition coefficient (Wildman–Crippen LogP) is 2.66. The molecular formula is C17H12FN3O5S. The molecule has 0 aliphatic carbocycles. The first-order valence-electron chi connectivity index (χ1n) is 7.59. The minimum Gasteiger partial charge on any atom is -0.468 e. The quantitative estimate of drug-likeness (QED) is 0.388. The molecule has 0 saturated heterocycles. The number of thiazole rings is 1. The van der Waals surface area contributed by atoms with E-state index in [0.717, 1.165) is 11.3 Å². The minimum absolute atomic E-state index is 0.0312. The van der Waals surface area contributed by atoms with Crippen molar-refractivity contribution in [3.8, 4) is 0 Å². The number of hydrogen-bond acceptors (Lipinski definition) is 6. The smallest absolute Gasteiger partial charge is 0.325 e. The predicted molar refractivity (Wildman–Crippen MR) is 94.8 cm³/mol. The summed E-state index contributed by atoms with van der Waals surface area (Å²) in [6.07, 6.45) is 0. The third kappa shape index (κ3) is 3.60. The van der Waals surface area contributed by atoms with Crippen molar-refractivity contribution in [1.29, 1.82) is 0 Å². The van der Waals surface area contributed by atoms with Crippen molar-refractivity contribution in [2.75, 3.05) is 7.11 Å². The number of esters is 1. The van der Waals surface area contributed by atoms with Crippen molar-refractivity contribution >= 4 is 39.1 Å². The minimum atomic E-state index is -0.868. The lowest BCUT2D eigenvalue weighted by atomic mass is 10.2. The monoisotopic (exact) mass is 389 g/mol. The summed E-state index contributed by atoms with van der Waals surface area (Å²) in [7, 11) is 1.18. The van der Waals surface area contributed by atoms with E-state index in [1.807, 2.05) is 0 Å². The number of amides is 1. The summed E-state index contributed by atoms with van der Waals surface area (Å²) in [5.74, 6) is -2.11. The molecule has 2 aromatic carbocycles. The third-order valence-electron chi connectivity index (χ3n) is 3.70. The summed E-state index contributed by atoms with van der Waals surface area (Å²) < 4.78 is 20.6. The summed E-state index contributed by atoms with van der Waals surface area (Å²) in [5.41, 5.74) is -0.495. The molecule has 0 saturated carbocycles. The fourth-order valence-electron chi connectivity index (χ4n) is 2.47. The van der Waals surface area contributed by atoms with Gasteiger partial charge in [-0.15, -0.1) is 0 Å². The highest BCUT2D eigenvalue weighted by atomic mass is 32.1. The molecule has 0 bridgehead atoms. The van der Waals surface area contributed by atoms with E-state index in [4.69, 9.17) is 0 Å². The molecule has 0 radical (unpaired) electrons. The van der Waals surface area contributed by atoms with E-state index in [1.165, 1.54) is 48.1 Å². The molecule has 1 aromatic heterocycles. The molecule has 8 nitrogen and oxygen atoms in total. The van der Waals surface area contributed by atoms with Crippen molar-refractivity contribution in [3.63, 3.8) is 0 Å². The Morgan fingerprint density at radius 2 is 2.00 bits per heavy atom. The lowest BCUT2D eigenvalue weighted by Crippen LogP contribution is -2.23. The number of nitrogens with zero attached hydrogens (tertiary/aromatic N) is 3. The van der Waals surface area contributed by atoms with Gasteiger partial charge in [-0.1, -0.05) is 29.5 Å². The summed E-state index contributed by atoms with van der Waals surface area (Å²) in [6.45, 7) is -0.361. The van der Waals surface area contributed by atoms with Gasteiger partial charge in [0.25, 0.3) is 11.6 Å². The van der Waals surface area contributed by atoms with Crippen molar-refractivity contribution in [2.45, 2.75) is 6.54 Å². The SMILES string of the molecule is COC(=O)Cn1c(=NC(=O)c2ccccc2[N+](=O)[O-])sc2cccc(F)c21. The number of ether oxygens (including phenoxy) is 1. The van der Waals surface area contributed by atoms with Crippen LogP contribution >= 0.6 is 11.3 Å². The van der Waals surface area contributed by atoms with Crippen LogP contribution in [0, 0.1) is 15.9 Å². The van der Waals surface area contributed by atoms with Crippen LogP contribution in [0.4, 0.5) is 10.1 Å². The number of nitro groups is 1. The highest BCUT2D eigenvalue weighted by molar-refractivity contribution is 7.16. The number of nitro benzene ring substituents is 1. The molecule has 0 unspecified atom stereocenters. The number of rotatable bonds is 4. The van der Waals surface area contributed by atoms with Crippen LogP contribution in [0.3, 0.4) is 0 Å². The second kappa shape index (κ2) is 7.46. The van der Waals surface area contributed by atoms with E-state index < -0.39 is 28.3 Å². The molecule has 0 fully saturated rings. The second-order valence-electron chi connectivity index (χ2n) is 5.32. The van der Waals surface area contributed by atoms with Gasteiger partial charge in [0.2, 0.25) is 0 Å². The zero-order valence-corrected chi connectivity index (χ0v) is 14.7. The summed E-state index contributed by atoms with van der Waals surface area (Å²) in [6, 6.07) is 9.70. The van der Waals surface area contributed by atoms with E-state index in [2.05, 4.69) is 9.73 Å². The van der Waals surface area contributed by atoms with Crippen LogP contribution in [0.5, 0.6) is 0 Å². The average Bonchev–Trinajstić information content (AvgIpc) is 2.99. The zero-order chi connectivity index (χ0) is 19.6. The Bertz CT molecular complexity index is 1140. The molecule has 0 spiro atoms. The van der Waals surface area contributed by atoms with E-state index in [-0.39, 0.29) is 22.4 Å².